The molecule has 0 aromatic heterocycles. The van der Waals surface area contributed by atoms with E-state index in [9.17, 15) is 9.59 Å². The summed E-state index contributed by atoms with van der Waals surface area (Å²) in [5.74, 6) is -0.461. The molecule has 4 heteroatoms. The summed E-state index contributed by atoms with van der Waals surface area (Å²) >= 11 is 0. The first-order valence-electron chi connectivity index (χ1n) is 6.69. The van der Waals surface area contributed by atoms with Gasteiger partial charge in [0.1, 0.15) is 0 Å². The Morgan fingerprint density at radius 2 is 2.21 bits per heavy atom. The third-order valence-corrected chi connectivity index (χ3v) is 3.54. The van der Waals surface area contributed by atoms with Gasteiger partial charge in [-0.15, -0.1) is 0 Å². The molecule has 0 radical (unpaired) electrons. The van der Waals surface area contributed by atoms with Crippen LogP contribution in [0.1, 0.15) is 42.6 Å². The molecule has 1 aliphatic heterocycles. The number of anilines is 1. The summed E-state index contributed by atoms with van der Waals surface area (Å²) in [4.78, 5) is 24.8. The average molecular weight is 261 g/mol. The smallest absolute Gasteiger partial charge is 0.335 e. The zero-order chi connectivity index (χ0) is 14.0. The highest BCUT2D eigenvalue weighted by molar-refractivity contribution is 6.03. The van der Waals surface area contributed by atoms with Gasteiger partial charge in [-0.2, -0.15) is 0 Å². The lowest BCUT2D eigenvalue weighted by Crippen LogP contribution is -2.31. The van der Waals surface area contributed by atoms with E-state index in [2.05, 4.69) is 13.8 Å². The molecule has 1 atom stereocenters. The Hall–Kier alpha value is -1.84. The van der Waals surface area contributed by atoms with Gasteiger partial charge in [-0.3, -0.25) is 4.79 Å². The summed E-state index contributed by atoms with van der Waals surface area (Å²) in [7, 11) is 0. The topological polar surface area (TPSA) is 57.6 Å². The Labute approximate surface area is 113 Å². The molecular formula is C15H19NO3. The zero-order valence-electron chi connectivity index (χ0n) is 11.3. The van der Waals surface area contributed by atoms with Gasteiger partial charge in [0.25, 0.3) is 0 Å². The molecule has 0 bridgehead atoms. The normalized spacial score (nSPS) is 15.5. The van der Waals surface area contributed by atoms with Crippen LogP contribution in [0.5, 0.6) is 0 Å². The highest BCUT2D eigenvalue weighted by atomic mass is 16.4. The van der Waals surface area contributed by atoms with Crippen LogP contribution >= 0.6 is 0 Å². The van der Waals surface area contributed by atoms with Gasteiger partial charge in [-0.05, 0) is 30.0 Å². The molecular weight excluding hydrogens is 242 g/mol. The minimum atomic E-state index is -0.955. The molecule has 0 spiro atoms. The Balaban J connectivity index is 2.26. The van der Waals surface area contributed by atoms with E-state index in [0.717, 1.165) is 24.1 Å². The third kappa shape index (κ3) is 2.78. The van der Waals surface area contributed by atoms with Gasteiger partial charge in [0, 0.05) is 12.2 Å². The molecule has 0 aliphatic carbocycles. The lowest BCUT2D eigenvalue weighted by molar-refractivity contribution is -0.117. The minimum Gasteiger partial charge on any atom is -0.478 e. The van der Waals surface area contributed by atoms with Crippen LogP contribution < -0.4 is 4.90 Å². The van der Waals surface area contributed by atoms with E-state index in [1.54, 1.807) is 23.1 Å². The van der Waals surface area contributed by atoms with E-state index in [0.29, 0.717) is 18.9 Å². The van der Waals surface area contributed by atoms with Crippen molar-refractivity contribution < 1.29 is 14.7 Å². The number of amides is 1. The maximum Gasteiger partial charge on any atom is 0.335 e. The minimum absolute atomic E-state index is 0.0699. The second kappa shape index (κ2) is 5.43. The number of hydrogen-bond acceptors (Lipinski definition) is 2. The van der Waals surface area contributed by atoms with Crippen molar-refractivity contribution in [2.24, 2.45) is 5.92 Å². The molecule has 1 N–H and O–H groups in total. The van der Waals surface area contributed by atoms with Crippen LogP contribution in [0.2, 0.25) is 0 Å². The van der Waals surface area contributed by atoms with E-state index in [4.69, 9.17) is 5.11 Å². The summed E-state index contributed by atoms with van der Waals surface area (Å²) in [5, 5.41) is 9.03. The second-order valence-electron chi connectivity index (χ2n) is 5.22. The van der Waals surface area contributed by atoms with Crippen molar-refractivity contribution in [3.63, 3.8) is 0 Å². The molecule has 1 aromatic rings. The number of carbonyl (C=O) groups excluding carboxylic acids is 1. The number of rotatable bonds is 5. The third-order valence-electron chi connectivity index (χ3n) is 3.54. The molecule has 2 rings (SSSR count). The summed E-state index contributed by atoms with van der Waals surface area (Å²) in [6.07, 6.45) is 2.54. The van der Waals surface area contributed by atoms with E-state index in [1.165, 1.54) is 0 Å². The van der Waals surface area contributed by atoms with Gasteiger partial charge >= 0.3 is 5.97 Å². The predicted molar refractivity (Wildman–Crippen MR) is 73.5 cm³/mol. The molecule has 4 nitrogen and oxygen atoms in total. The fraction of sp³-hybridized carbons (Fsp3) is 0.467. The fourth-order valence-corrected chi connectivity index (χ4v) is 2.59. The van der Waals surface area contributed by atoms with Crippen molar-refractivity contribution in [2.45, 2.75) is 33.1 Å². The summed E-state index contributed by atoms with van der Waals surface area (Å²) in [5.41, 5.74) is 1.94. The molecule has 19 heavy (non-hydrogen) atoms. The highest BCUT2D eigenvalue weighted by Gasteiger charge is 2.28. The number of hydrogen-bond donors (Lipinski definition) is 1. The quantitative estimate of drug-likeness (QED) is 0.886. The van der Waals surface area contributed by atoms with Gasteiger partial charge in [0.2, 0.25) is 5.91 Å². The standard InChI is InChI=1S/C15H19NO3/c1-3-4-10(2)9-16-13-7-12(15(18)19)6-5-11(13)8-14(16)17/h5-7,10H,3-4,8-9H2,1-2H3,(H,18,19). The number of aromatic carboxylic acids is 1. The lowest BCUT2D eigenvalue weighted by Gasteiger charge is -2.22. The lowest BCUT2D eigenvalue weighted by atomic mass is 10.1. The molecule has 0 saturated carbocycles. The first-order chi connectivity index (χ1) is 9.02. The van der Waals surface area contributed by atoms with Crippen LogP contribution in [0.25, 0.3) is 0 Å². The Bertz CT molecular complexity index is 510. The summed E-state index contributed by atoms with van der Waals surface area (Å²) in [6, 6.07) is 4.93. The molecule has 1 amide bonds. The van der Waals surface area contributed by atoms with E-state index in [-0.39, 0.29) is 11.5 Å². The Morgan fingerprint density at radius 3 is 2.84 bits per heavy atom. The molecule has 1 heterocycles. The van der Waals surface area contributed by atoms with Crippen LogP contribution in [0.15, 0.2) is 18.2 Å². The Morgan fingerprint density at radius 1 is 1.47 bits per heavy atom. The molecule has 0 fully saturated rings. The van der Waals surface area contributed by atoms with Crippen molar-refractivity contribution in [3.05, 3.63) is 29.3 Å². The van der Waals surface area contributed by atoms with Crippen LogP contribution in [0.3, 0.4) is 0 Å². The van der Waals surface area contributed by atoms with Crippen LogP contribution in [-0.4, -0.2) is 23.5 Å². The van der Waals surface area contributed by atoms with Crippen LogP contribution in [0.4, 0.5) is 5.69 Å². The monoisotopic (exact) mass is 261 g/mol. The van der Waals surface area contributed by atoms with Gasteiger partial charge in [0.05, 0.1) is 12.0 Å². The van der Waals surface area contributed by atoms with Crippen LogP contribution in [0, 0.1) is 5.92 Å². The fourth-order valence-electron chi connectivity index (χ4n) is 2.59. The number of carboxylic acids is 1. The maximum atomic E-state index is 12.0. The summed E-state index contributed by atoms with van der Waals surface area (Å²) in [6.45, 7) is 4.91. The largest absolute Gasteiger partial charge is 0.478 e. The molecule has 102 valence electrons. The van der Waals surface area contributed by atoms with Gasteiger partial charge in [0.15, 0.2) is 0 Å². The van der Waals surface area contributed by atoms with Crippen molar-refractivity contribution in [1.29, 1.82) is 0 Å². The predicted octanol–water partition coefficient (Wildman–Crippen LogP) is 2.71. The van der Waals surface area contributed by atoms with E-state index < -0.39 is 5.97 Å². The maximum absolute atomic E-state index is 12.0. The number of carboxylic acid groups (broad SMARTS) is 1. The first-order valence-corrected chi connectivity index (χ1v) is 6.69. The second-order valence-corrected chi connectivity index (χ2v) is 5.22. The molecule has 1 aliphatic rings. The average Bonchev–Trinajstić information content (AvgIpc) is 2.65. The van der Waals surface area contributed by atoms with Crippen molar-refractivity contribution in [3.8, 4) is 0 Å². The molecule has 0 saturated heterocycles. The highest BCUT2D eigenvalue weighted by Crippen LogP contribution is 2.31. The van der Waals surface area contributed by atoms with Crippen molar-refractivity contribution in [1.82, 2.24) is 0 Å². The van der Waals surface area contributed by atoms with Crippen molar-refractivity contribution >= 4 is 17.6 Å². The first kappa shape index (κ1) is 13.6. The summed E-state index contributed by atoms with van der Waals surface area (Å²) < 4.78 is 0. The van der Waals surface area contributed by atoms with Crippen LogP contribution in [-0.2, 0) is 11.2 Å². The SMILES string of the molecule is CCCC(C)CN1C(=O)Cc2ccc(C(=O)O)cc21. The van der Waals surface area contributed by atoms with Gasteiger partial charge in [-0.1, -0.05) is 26.3 Å². The van der Waals surface area contributed by atoms with E-state index >= 15 is 0 Å². The molecule has 1 unspecified atom stereocenters. The van der Waals surface area contributed by atoms with Gasteiger partial charge in [-0.25, -0.2) is 4.79 Å². The van der Waals surface area contributed by atoms with Crippen molar-refractivity contribution in [2.75, 3.05) is 11.4 Å². The number of carbonyl (C=O) groups is 2. The number of nitrogens with zero attached hydrogens (tertiary/aromatic N) is 1. The Kier molecular flexibility index (Phi) is 3.88. The number of benzene rings is 1. The van der Waals surface area contributed by atoms with Gasteiger partial charge < -0.3 is 10.0 Å². The zero-order valence-corrected chi connectivity index (χ0v) is 11.3. The van der Waals surface area contributed by atoms with E-state index in [1.807, 2.05) is 0 Å². The number of fused-ring (bicyclic) bond motifs is 1. The molecule has 1 aromatic carbocycles.